The maximum absolute atomic E-state index is 15.1. The van der Waals surface area contributed by atoms with Crippen LogP contribution < -0.4 is 10.5 Å². The van der Waals surface area contributed by atoms with E-state index in [2.05, 4.69) is 15.0 Å². The Hall–Kier alpha value is -1.98. The SMILES string of the molecule is CCOc1nc(N)nc2c1ncn2C1OC2(F)CO[P+](=O)OC2C1(C)O. The molecule has 11 nitrogen and oxygen atoms in total. The molecule has 4 heterocycles. The third-order valence-electron chi connectivity index (χ3n) is 4.23. The minimum absolute atomic E-state index is 0.0876. The fourth-order valence-electron chi connectivity index (χ4n) is 3.14. The van der Waals surface area contributed by atoms with Crippen molar-refractivity contribution >= 4 is 25.4 Å². The Labute approximate surface area is 147 Å². The smallest absolute Gasteiger partial charge is 0.476 e. The number of ether oxygens (including phenoxy) is 2. The predicted molar refractivity (Wildman–Crippen MR) is 83.9 cm³/mol. The van der Waals surface area contributed by atoms with Crippen LogP contribution in [-0.2, 0) is 18.3 Å². The number of imidazole rings is 1. The van der Waals surface area contributed by atoms with Crippen molar-refractivity contribution in [1.82, 2.24) is 19.5 Å². The molecule has 2 aliphatic heterocycles. The Balaban J connectivity index is 1.82. The molecule has 0 amide bonds. The van der Waals surface area contributed by atoms with Gasteiger partial charge < -0.3 is 20.3 Å². The second-order valence-corrected chi connectivity index (χ2v) is 7.02. The fourth-order valence-corrected chi connectivity index (χ4v) is 4.02. The second kappa shape index (κ2) is 5.76. The van der Waals surface area contributed by atoms with Gasteiger partial charge in [0.2, 0.25) is 17.9 Å². The summed E-state index contributed by atoms with van der Waals surface area (Å²) in [7, 11) is -2.56. The molecule has 0 radical (unpaired) electrons. The molecular weight excluding hydrogens is 372 g/mol. The van der Waals surface area contributed by atoms with E-state index in [4.69, 9.17) is 24.3 Å². The van der Waals surface area contributed by atoms with E-state index in [9.17, 15) is 9.67 Å². The van der Waals surface area contributed by atoms with Gasteiger partial charge in [0, 0.05) is 4.57 Å². The van der Waals surface area contributed by atoms with Gasteiger partial charge in [-0.1, -0.05) is 0 Å². The Morgan fingerprint density at radius 2 is 2.35 bits per heavy atom. The molecule has 2 aliphatic rings. The van der Waals surface area contributed by atoms with Crippen LogP contribution in [0.5, 0.6) is 5.88 Å². The summed E-state index contributed by atoms with van der Waals surface area (Å²) in [6, 6.07) is 0. The van der Waals surface area contributed by atoms with Gasteiger partial charge in [0.25, 0.3) is 5.85 Å². The molecule has 2 fully saturated rings. The number of hydrogen-bond acceptors (Lipinski definition) is 10. The number of nitrogens with zero attached hydrogens (tertiary/aromatic N) is 4. The van der Waals surface area contributed by atoms with E-state index in [-0.39, 0.29) is 23.0 Å². The lowest BCUT2D eigenvalue weighted by Crippen LogP contribution is -2.51. The van der Waals surface area contributed by atoms with Crippen LogP contribution in [0.4, 0.5) is 10.3 Å². The van der Waals surface area contributed by atoms with E-state index < -0.39 is 38.6 Å². The minimum atomic E-state index is -2.56. The van der Waals surface area contributed by atoms with Crippen LogP contribution in [0.1, 0.15) is 20.1 Å². The van der Waals surface area contributed by atoms with Crippen LogP contribution in [0.25, 0.3) is 11.2 Å². The van der Waals surface area contributed by atoms with Gasteiger partial charge in [-0.05, 0) is 13.8 Å². The van der Waals surface area contributed by atoms with Crippen molar-refractivity contribution in [3.05, 3.63) is 6.33 Å². The molecule has 2 aromatic heterocycles. The number of anilines is 1. The zero-order chi connectivity index (χ0) is 18.7. The van der Waals surface area contributed by atoms with Crippen molar-refractivity contribution in [2.45, 2.75) is 37.6 Å². The van der Waals surface area contributed by atoms with Crippen molar-refractivity contribution in [3.63, 3.8) is 0 Å². The zero-order valence-electron chi connectivity index (χ0n) is 13.8. The third-order valence-corrected chi connectivity index (χ3v) is 4.95. The Morgan fingerprint density at radius 3 is 3.08 bits per heavy atom. The maximum atomic E-state index is 15.1. The quantitative estimate of drug-likeness (QED) is 0.725. The highest BCUT2D eigenvalue weighted by atomic mass is 31.1. The molecule has 0 saturated carbocycles. The first kappa shape index (κ1) is 17.4. The lowest BCUT2D eigenvalue weighted by Gasteiger charge is -2.28. The van der Waals surface area contributed by atoms with Gasteiger partial charge in [-0.15, -0.1) is 9.05 Å². The molecule has 26 heavy (non-hydrogen) atoms. The van der Waals surface area contributed by atoms with Gasteiger partial charge >= 0.3 is 8.25 Å². The van der Waals surface area contributed by atoms with Crippen molar-refractivity contribution in [2.75, 3.05) is 18.9 Å². The Bertz CT molecular complexity index is 893. The first-order valence-electron chi connectivity index (χ1n) is 7.75. The Morgan fingerprint density at radius 1 is 1.58 bits per heavy atom. The van der Waals surface area contributed by atoms with Gasteiger partial charge in [0.15, 0.2) is 24.0 Å². The molecular formula is C13H16FN5O6P+. The topological polar surface area (TPSA) is 144 Å². The number of halogens is 1. The number of aliphatic hydroxyl groups is 1. The number of fused-ring (bicyclic) bond motifs is 2. The molecule has 4 rings (SSSR count). The largest absolute Gasteiger partial charge is 0.698 e. The van der Waals surface area contributed by atoms with E-state index in [0.29, 0.717) is 6.61 Å². The summed E-state index contributed by atoms with van der Waals surface area (Å²) >= 11 is 0. The standard InChI is InChI=1S/C13H16FN5O6P/c1-3-22-8-6-7(17-11(15)18-8)19(5-16-6)10-12(2,20)9-13(14,24-10)4-23-26(21)25-9/h5,9-10,20H,3-4H2,1-2H3,(H2,15,17,18)/q+1. The maximum Gasteiger partial charge on any atom is 0.698 e. The molecule has 3 N–H and O–H groups in total. The van der Waals surface area contributed by atoms with Crippen molar-refractivity contribution < 1.29 is 32.6 Å². The number of hydrogen-bond donors (Lipinski definition) is 2. The van der Waals surface area contributed by atoms with Crippen LogP contribution in [0, 0.1) is 0 Å². The minimum Gasteiger partial charge on any atom is -0.476 e. The van der Waals surface area contributed by atoms with Crippen molar-refractivity contribution in [1.29, 1.82) is 0 Å². The van der Waals surface area contributed by atoms with Crippen LogP contribution in [0.15, 0.2) is 6.33 Å². The van der Waals surface area contributed by atoms with Gasteiger partial charge in [0.1, 0.15) is 5.60 Å². The molecule has 5 atom stereocenters. The number of alkyl halides is 1. The zero-order valence-corrected chi connectivity index (χ0v) is 14.7. The molecule has 0 spiro atoms. The van der Waals surface area contributed by atoms with E-state index in [1.165, 1.54) is 17.8 Å². The van der Waals surface area contributed by atoms with Gasteiger partial charge in [-0.2, -0.15) is 9.97 Å². The summed E-state index contributed by atoms with van der Waals surface area (Å²) in [6.45, 7) is 2.75. The lowest BCUT2D eigenvalue weighted by atomic mass is 9.95. The normalized spacial score (nSPS) is 35.6. The fraction of sp³-hybridized carbons (Fsp3) is 0.615. The second-order valence-electron chi connectivity index (χ2n) is 6.11. The number of aromatic nitrogens is 4. The highest BCUT2D eigenvalue weighted by Gasteiger charge is 2.71. The number of nitrogen functional groups attached to an aromatic ring is 1. The highest BCUT2D eigenvalue weighted by molar-refractivity contribution is 7.33. The summed E-state index contributed by atoms with van der Waals surface area (Å²) < 4.78 is 48.3. The first-order valence-corrected chi connectivity index (χ1v) is 8.84. The van der Waals surface area contributed by atoms with E-state index >= 15 is 4.39 Å². The average Bonchev–Trinajstić information content (AvgIpc) is 3.06. The highest BCUT2D eigenvalue weighted by Crippen LogP contribution is 2.54. The summed E-state index contributed by atoms with van der Waals surface area (Å²) in [5, 5.41) is 10.9. The van der Waals surface area contributed by atoms with Gasteiger partial charge in [0.05, 0.1) is 12.9 Å². The van der Waals surface area contributed by atoms with Crippen LogP contribution in [0.2, 0.25) is 0 Å². The van der Waals surface area contributed by atoms with Crippen LogP contribution in [0.3, 0.4) is 0 Å². The molecule has 5 unspecified atom stereocenters. The Kier molecular flexibility index (Phi) is 3.86. The van der Waals surface area contributed by atoms with Crippen molar-refractivity contribution in [3.8, 4) is 5.88 Å². The van der Waals surface area contributed by atoms with E-state index in [1.54, 1.807) is 6.92 Å². The summed E-state index contributed by atoms with van der Waals surface area (Å²) in [5.41, 5.74) is 4.26. The molecule has 2 aromatic rings. The molecule has 140 valence electrons. The summed E-state index contributed by atoms with van der Waals surface area (Å²) in [6.07, 6.45) is -1.53. The number of rotatable bonds is 3. The molecule has 0 aliphatic carbocycles. The van der Waals surface area contributed by atoms with Gasteiger partial charge in [-0.25, -0.2) is 9.37 Å². The first-order chi connectivity index (χ1) is 12.3. The summed E-state index contributed by atoms with van der Waals surface area (Å²) in [5.74, 6) is -2.42. The van der Waals surface area contributed by atoms with Crippen molar-refractivity contribution in [2.24, 2.45) is 0 Å². The third kappa shape index (κ3) is 2.45. The summed E-state index contributed by atoms with van der Waals surface area (Å²) in [4.78, 5) is 12.2. The molecule has 2 saturated heterocycles. The molecule has 13 heteroatoms. The predicted octanol–water partition coefficient (Wildman–Crippen LogP) is 0.826. The molecule has 0 aromatic carbocycles. The van der Waals surface area contributed by atoms with Crippen LogP contribution in [-0.4, -0.2) is 55.4 Å². The monoisotopic (exact) mass is 388 g/mol. The molecule has 0 bridgehead atoms. The van der Waals surface area contributed by atoms with Gasteiger partial charge in [-0.3, -0.25) is 4.57 Å². The van der Waals surface area contributed by atoms with Crippen LogP contribution >= 0.6 is 8.25 Å². The number of nitrogens with two attached hydrogens (primary N) is 1. The van der Waals surface area contributed by atoms with E-state index in [1.807, 2.05) is 0 Å². The lowest BCUT2D eigenvalue weighted by molar-refractivity contribution is -0.211. The van der Waals surface area contributed by atoms with E-state index in [0.717, 1.165) is 0 Å². The average molecular weight is 388 g/mol.